The minimum atomic E-state index is -1.11. The van der Waals surface area contributed by atoms with E-state index in [1.165, 1.54) is 0 Å². The molecule has 136 valence electrons. The lowest BCUT2D eigenvalue weighted by molar-refractivity contribution is 0.102. The molecule has 0 bridgehead atoms. The SMILES string of the molecule is O=C(O)NCc1ccc(C(=O)Nc2cc(-c3ccccc3)ccc2O)cc1. The van der Waals surface area contributed by atoms with Crippen LogP contribution in [0.25, 0.3) is 11.1 Å². The number of benzene rings is 3. The van der Waals surface area contributed by atoms with E-state index in [9.17, 15) is 14.7 Å². The molecule has 0 heterocycles. The zero-order valence-corrected chi connectivity index (χ0v) is 14.3. The Morgan fingerprint density at radius 1 is 0.852 bits per heavy atom. The molecule has 0 aliphatic carbocycles. The summed E-state index contributed by atoms with van der Waals surface area (Å²) in [7, 11) is 0. The Bertz CT molecular complexity index is 954. The Hall–Kier alpha value is -3.80. The smallest absolute Gasteiger partial charge is 0.404 e. The van der Waals surface area contributed by atoms with Crippen molar-refractivity contribution in [2.45, 2.75) is 6.54 Å². The van der Waals surface area contributed by atoms with Crippen LogP contribution in [-0.2, 0) is 6.54 Å². The molecule has 4 N–H and O–H groups in total. The minimum Gasteiger partial charge on any atom is -0.506 e. The van der Waals surface area contributed by atoms with E-state index in [0.717, 1.165) is 16.7 Å². The van der Waals surface area contributed by atoms with E-state index in [2.05, 4.69) is 10.6 Å². The molecular formula is C21H18N2O4. The Morgan fingerprint density at radius 2 is 1.56 bits per heavy atom. The van der Waals surface area contributed by atoms with Crippen LogP contribution in [0, 0.1) is 0 Å². The largest absolute Gasteiger partial charge is 0.506 e. The van der Waals surface area contributed by atoms with Gasteiger partial charge in [-0.05, 0) is 41.0 Å². The zero-order valence-electron chi connectivity index (χ0n) is 14.3. The third-order valence-corrected chi connectivity index (χ3v) is 4.01. The summed E-state index contributed by atoms with van der Waals surface area (Å²) in [5.74, 6) is -0.390. The Labute approximate surface area is 156 Å². The number of aromatic hydroxyl groups is 1. The number of carboxylic acid groups (broad SMARTS) is 1. The summed E-state index contributed by atoms with van der Waals surface area (Å²) < 4.78 is 0. The molecule has 0 unspecified atom stereocenters. The zero-order chi connectivity index (χ0) is 19.2. The van der Waals surface area contributed by atoms with Crippen LogP contribution in [0.3, 0.4) is 0 Å². The van der Waals surface area contributed by atoms with E-state index in [4.69, 9.17) is 5.11 Å². The average Bonchev–Trinajstić information content (AvgIpc) is 2.69. The highest BCUT2D eigenvalue weighted by molar-refractivity contribution is 6.05. The van der Waals surface area contributed by atoms with E-state index in [1.54, 1.807) is 42.5 Å². The lowest BCUT2D eigenvalue weighted by atomic mass is 10.0. The molecule has 6 heteroatoms. The van der Waals surface area contributed by atoms with Gasteiger partial charge in [0.05, 0.1) is 5.69 Å². The second kappa shape index (κ2) is 8.05. The van der Waals surface area contributed by atoms with Crippen LogP contribution >= 0.6 is 0 Å². The van der Waals surface area contributed by atoms with Crippen LogP contribution in [0.5, 0.6) is 5.75 Å². The van der Waals surface area contributed by atoms with E-state index in [1.807, 2.05) is 30.3 Å². The second-order valence-electron chi connectivity index (χ2n) is 5.91. The Balaban J connectivity index is 1.75. The van der Waals surface area contributed by atoms with Crippen LogP contribution in [-0.4, -0.2) is 22.2 Å². The number of anilines is 1. The first-order chi connectivity index (χ1) is 13.0. The molecule has 0 aliphatic heterocycles. The van der Waals surface area contributed by atoms with Crippen LogP contribution < -0.4 is 10.6 Å². The third kappa shape index (κ3) is 4.64. The maximum atomic E-state index is 12.5. The van der Waals surface area contributed by atoms with Crippen molar-refractivity contribution >= 4 is 17.7 Å². The van der Waals surface area contributed by atoms with Crippen LogP contribution in [0.15, 0.2) is 72.8 Å². The molecule has 3 aromatic rings. The summed E-state index contributed by atoms with van der Waals surface area (Å²) in [6.45, 7) is 0.164. The maximum Gasteiger partial charge on any atom is 0.404 e. The van der Waals surface area contributed by atoms with Gasteiger partial charge in [0.25, 0.3) is 5.91 Å². The van der Waals surface area contributed by atoms with Crippen LogP contribution in [0.4, 0.5) is 10.5 Å². The van der Waals surface area contributed by atoms with E-state index >= 15 is 0 Å². The molecule has 0 saturated carbocycles. The first kappa shape index (κ1) is 18.0. The Kier molecular flexibility index (Phi) is 5.37. The van der Waals surface area contributed by atoms with Gasteiger partial charge in [-0.3, -0.25) is 4.79 Å². The summed E-state index contributed by atoms with van der Waals surface area (Å²) in [5.41, 5.74) is 3.31. The van der Waals surface area contributed by atoms with Crippen molar-refractivity contribution in [2.24, 2.45) is 0 Å². The van der Waals surface area contributed by atoms with Crippen LogP contribution in [0.2, 0.25) is 0 Å². The van der Waals surface area contributed by atoms with Crippen molar-refractivity contribution in [2.75, 3.05) is 5.32 Å². The molecule has 6 nitrogen and oxygen atoms in total. The monoisotopic (exact) mass is 362 g/mol. The first-order valence-electron chi connectivity index (χ1n) is 8.28. The van der Waals surface area contributed by atoms with Gasteiger partial charge in [-0.15, -0.1) is 0 Å². The van der Waals surface area contributed by atoms with Crippen molar-refractivity contribution < 1.29 is 19.8 Å². The number of carbonyl (C=O) groups excluding carboxylic acids is 1. The summed E-state index contributed by atoms with van der Waals surface area (Å²) in [5, 5.41) is 23.6. The molecule has 3 rings (SSSR count). The number of phenolic OH excluding ortho intramolecular Hbond substituents is 1. The van der Waals surface area contributed by atoms with Gasteiger partial charge in [-0.25, -0.2) is 4.79 Å². The Morgan fingerprint density at radius 3 is 2.22 bits per heavy atom. The molecule has 0 fully saturated rings. The van der Waals surface area contributed by atoms with Gasteiger partial charge in [-0.2, -0.15) is 0 Å². The number of hydrogen-bond donors (Lipinski definition) is 4. The van der Waals surface area contributed by atoms with Gasteiger partial charge in [0.1, 0.15) is 5.75 Å². The number of hydrogen-bond acceptors (Lipinski definition) is 3. The first-order valence-corrected chi connectivity index (χ1v) is 8.28. The third-order valence-electron chi connectivity index (χ3n) is 4.01. The highest BCUT2D eigenvalue weighted by Gasteiger charge is 2.11. The standard InChI is InChI=1S/C21H18N2O4/c24-19-11-10-17(15-4-2-1-3-5-15)12-18(19)23-20(25)16-8-6-14(7-9-16)13-22-21(26)27/h1-12,22,24H,13H2,(H,23,25)(H,26,27). The second-order valence-corrected chi connectivity index (χ2v) is 5.91. The van der Waals surface area contributed by atoms with Crippen molar-refractivity contribution in [3.8, 4) is 16.9 Å². The predicted octanol–water partition coefficient (Wildman–Crippen LogP) is 4.08. The highest BCUT2D eigenvalue weighted by atomic mass is 16.4. The molecule has 0 spiro atoms. The minimum absolute atomic E-state index is 0.0229. The fourth-order valence-corrected chi connectivity index (χ4v) is 2.59. The number of nitrogens with one attached hydrogen (secondary N) is 2. The van der Waals surface area contributed by atoms with Crippen LogP contribution in [0.1, 0.15) is 15.9 Å². The lowest BCUT2D eigenvalue weighted by Gasteiger charge is -2.10. The summed E-state index contributed by atoms with van der Waals surface area (Å²) >= 11 is 0. The molecule has 0 aromatic heterocycles. The topological polar surface area (TPSA) is 98.7 Å². The van der Waals surface area contributed by atoms with Crippen molar-refractivity contribution in [3.63, 3.8) is 0 Å². The maximum absolute atomic E-state index is 12.5. The fourth-order valence-electron chi connectivity index (χ4n) is 2.59. The lowest BCUT2D eigenvalue weighted by Crippen LogP contribution is -2.20. The van der Waals surface area contributed by atoms with E-state index in [-0.39, 0.29) is 18.2 Å². The van der Waals surface area contributed by atoms with Crippen molar-refractivity contribution in [1.82, 2.24) is 5.32 Å². The summed E-state index contributed by atoms with van der Waals surface area (Å²) in [6.07, 6.45) is -1.11. The molecule has 27 heavy (non-hydrogen) atoms. The molecule has 0 radical (unpaired) electrons. The van der Waals surface area contributed by atoms with Gasteiger partial charge in [-0.1, -0.05) is 48.5 Å². The summed E-state index contributed by atoms with van der Waals surface area (Å²) in [4.78, 5) is 23.0. The van der Waals surface area contributed by atoms with Gasteiger partial charge < -0.3 is 20.8 Å². The quantitative estimate of drug-likeness (QED) is 0.514. The van der Waals surface area contributed by atoms with E-state index in [0.29, 0.717) is 11.3 Å². The normalized spacial score (nSPS) is 10.2. The number of carbonyl (C=O) groups is 2. The van der Waals surface area contributed by atoms with Crippen molar-refractivity contribution in [1.29, 1.82) is 0 Å². The molecule has 0 aliphatic rings. The number of amides is 2. The average molecular weight is 362 g/mol. The molecule has 2 amide bonds. The molecule has 0 atom stereocenters. The van der Waals surface area contributed by atoms with Gasteiger partial charge in [0.15, 0.2) is 0 Å². The predicted molar refractivity (Wildman–Crippen MR) is 103 cm³/mol. The highest BCUT2D eigenvalue weighted by Crippen LogP contribution is 2.30. The number of rotatable bonds is 5. The number of phenols is 1. The molecule has 0 saturated heterocycles. The molecule has 3 aromatic carbocycles. The summed E-state index contributed by atoms with van der Waals surface area (Å²) in [6, 6.07) is 21.2. The molecular weight excluding hydrogens is 344 g/mol. The fraction of sp³-hybridized carbons (Fsp3) is 0.0476. The van der Waals surface area contributed by atoms with Gasteiger partial charge in [0, 0.05) is 12.1 Å². The van der Waals surface area contributed by atoms with E-state index < -0.39 is 6.09 Å². The van der Waals surface area contributed by atoms with Crippen molar-refractivity contribution in [3.05, 3.63) is 83.9 Å². The van der Waals surface area contributed by atoms with Gasteiger partial charge >= 0.3 is 6.09 Å². The van der Waals surface area contributed by atoms with Gasteiger partial charge in [0.2, 0.25) is 0 Å².